The first kappa shape index (κ1) is 18.1. The molecule has 0 aromatic heterocycles. The van der Waals surface area contributed by atoms with E-state index in [9.17, 15) is 17.9 Å². The molecule has 1 rings (SSSR count). The van der Waals surface area contributed by atoms with Gasteiger partial charge in [-0.25, -0.2) is 17.5 Å². The van der Waals surface area contributed by atoms with E-state index in [2.05, 4.69) is 11.6 Å². The standard InChI is InChI=1S/C15H24FNO3S/c1-3-4-5-6-7-12(2)17-21(19,20)15-10-14(16)9-8-13(15)11-18/h8-10,12,17-18H,3-7,11H2,1-2H3. The van der Waals surface area contributed by atoms with Crippen molar-refractivity contribution in [2.45, 2.75) is 63.5 Å². The Hall–Kier alpha value is -0.980. The van der Waals surface area contributed by atoms with E-state index in [1.807, 2.05) is 0 Å². The van der Waals surface area contributed by atoms with Crippen LogP contribution < -0.4 is 4.72 Å². The van der Waals surface area contributed by atoms with Crippen molar-refractivity contribution >= 4 is 10.0 Å². The van der Waals surface area contributed by atoms with E-state index < -0.39 is 22.4 Å². The van der Waals surface area contributed by atoms with Gasteiger partial charge in [-0.2, -0.15) is 0 Å². The predicted molar refractivity (Wildman–Crippen MR) is 80.9 cm³/mol. The van der Waals surface area contributed by atoms with Crippen LogP contribution in [0, 0.1) is 5.82 Å². The molecule has 0 saturated carbocycles. The van der Waals surface area contributed by atoms with Crippen LogP contribution in [-0.4, -0.2) is 19.6 Å². The first-order chi connectivity index (χ1) is 9.90. The summed E-state index contributed by atoms with van der Waals surface area (Å²) in [6.45, 7) is 3.47. The maximum atomic E-state index is 13.3. The Balaban J connectivity index is 2.75. The lowest BCUT2D eigenvalue weighted by Crippen LogP contribution is -2.33. The van der Waals surface area contributed by atoms with Gasteiger partial charge >= 0.3 is 0 Å². The molecule has 6 heteroatoms. The van der Waals surface area contributed by atoms with Crippen LogP contribution in [0.1, 0.15) is 51.5 Å². The lowest BCUT2D eigenvalue weighted by atomic mass is 10.1. The Morgan fingerprint density at radius 2 is 2.00 bits per heavy atom. The Bertz CT molecular complexity index is 546. The second kappa shape index (κ2) is 8.46. The van der Waals surface area contributed by atoms with Gasteiger partial charge in [-0.3, -0.25) is 0 Å². The van der Waals surface area contributed by atoms with E-state index in [-0.39, 0.29) is 16.5 Å². The number of sulfonamides is 1. The van der Waals surface area contributed by atoms with Crippen molar-refractivity contribution in [1.82, 2.24) is 4.72 Å². The number of unbranched alkanes of at least 4 members (excludes halogenated alkanes) is 3. The first-order valence-electron chi connectivity index (χ1n) is 7.32. The molecule has 0 bridgehead atoms. The highest BCUT2D eigenvalue weighted by Gasteiger charge is 2.21. The average Bonchev–Trinajstić information content (AvgIpc) is 2.43. The largest absolute Gasteiger partial charge is 0.392 e. The number of aliphatic hydroxyl groups excluding tert-OH is 1. The number of rotatable bonds is 9. The van der Waals surface area contributed by atoms with Crippen LogP contribution in [0.3, 0.4) is 0 Å². The minimum absolute atomic E-state index is 0.189. The molecule has 2 N–H and O–H groups in total. The molecule has 120 valence electrons. The molecule has 0 spiro atoms. The zero-order valence-corrected chi connectivity index (χ0v) is 13.4. The third kappa shape index (κ3) is 5.73. The van der Waals surface area contributed by atoms with Gasteiger partial charge in [-0.15, -0.1) is 0 Å². The zero-order chi connectivity index (χ0) is 15.9. The van der Waals surface area contributed by atoms with Gasteiger partial charge in [-0.05, 0) is 31.0 Å². The Kier molecular flexibility index (Phi) is 7.28. The fourth-order valence-electron chi connectivity index (χ4n) is 2.17. The summed E-state index contributed by atoms with van der Waals surface area (Å²) >= 11 is 0. The molecule has 0 heterocycles. The highest BCUT2D eigenvalue weighted by Crippen LogP contribution is 2.18. The highest BCUT2D eigenvalue weighted by atomic mass is 32.2. The maximum Gasteiger partial charge on any atom is 0.241 e. The van der Waals surface area contributed by atoms with Crippen LogP contribution >= 0.6 is 0 Å². The zero-order valence-electron chi connectivity index (χ0n) is 12.6. The van der Waals surface area contributed by atoms with Gasteiger partial charge in [0.05, 0.1) is 11.5 Å². The number of halogens is 1. The topological polar surface area (TPSA) is 66.4 Å². The third-order valence-electron chi connectivity index (χ3n) is 3.34. The highest BCUT2D eigenvalue weighted by molar-refractivity contribution is 7.89. The van der Waals surface area contributed by atoms with E-state index in [0.717, 1.165) is 44.2 Å². The Morgan fingerprint density at radius 1 is 1.29 bits per heavy atom. The molecule has 21 heavy (non-hydrogen) atoms. The molecular formula is C15H24FNO3S. The fourth-order valence-corrected chi connectivity index (χ4v) is 3.69. The average molecular weight is 317 g/mol. The normalized spacial score (nSPS) is 13.3. The van der Waals surface area contributed by atoms with Gasteiger partial charge in [0.2, 0.25) is 10.0 Å². The minimum Gasteiger partial charge on any atom is -0.392 e. The minimum atomic E-state index is -3.82. The smallest absolute Gasteiger partial charge is 0.241 e. The molecule has 0 amide bonds. The van der Waals surface area contributed by atoms with E-state index >= 15 is 0 Å². The lowest BCUT2D eigenvalue weighted by Gasteiger charge is -2.16. The van der Waals surface area contributed by atoms with Crippen molar-refractivity contribution < 1.29 is 17.9 Å². The SMILES string of the molecule is CCCCCCC(C)NS(=O)(=O)c1cc(F)ccc1CO. The van der Waals surface area contributed by atoms with Crippen LogP contribution in [0.4, 0.5) is 4.39 Å². The van der Waals surface area contributed by atoms with Crippen LogP contribution in [0.15, 0.2) is 23.1 Å². The number of aliphatic hydroxyl groups is 1. The molecule has 1 aromatic carbocycles. The summed E-state index contributed by atoms with van der Waals surface area (Å²) < 4.78 is 40.4. The summed E-state index contributed by atoms with van der Waals surface area (Å²) in [4.78, 5) is -0.189. The van der Waals surface area contributed by atoms with E-state index in [0.29, 0.717) is 0 Å². The van der Waals surface area contributed by atoms with Crippen molar-refractivity contribution in [2.75, 3.05) is 0 Å². The second-order valence-corrected chi connectivity index (χ2v) is 6.96. The monoisotopic (exact) mass is 317 g/mol. The summed E-state index contributed by atoms with van der Waals surface area (Å²) in [6.07, 6.45) is 5.03. The number of hydrogen-bond acceptors (Lipinski definition) is 3. The summed E-state index contributed by atoms with van der Waals surface area (Å²) in [6, 6.07) is 3.15. The fraction of sp³-hybridized carbons (Fsp3) is 0.600. The quantitative estimate of drug-likeness (QED) is 0.688. The molecule has 0 saturated heterocycles. The third-order valence-corrected chi connectivity index (χ3v) is 5.01. The Labute approximate surface area is 126 Å². The number of benzene rings is 1. The molecule has 1 aromatic rings. The van der Waals surface area contributed by atoms with Crippen LogP contribution in [0.25, 0.3) is 0 Å². The van der Waals surface area contributed by atoms with Gasteiger partial charge in [0, 0.05) is 6.04 Å². The van der Waals surface area contributed by atoms with Gasteiger partial charge in [0.1, 0.15) is 5.82 Å². The maximum absolute atomic E-state index is 13.3. The molecule has 1 unspecified atom stereocenters. The van der Waals surface area contributed by atoms with Crippen LogP contribution in [0.5, 0.6) is 0 Å². The second-order valence-electron chi connectivity index (χ2n) is 5.28. The van der Waals surface area contributed by atoms with Gasteiger partial charge < -0.3 is 5.11 Å². The molecule has 0 radical (unpaired) electrons. The summed E-state index contributed by atoms with van der Waals surface area (Å²) in [5.74, 6) is -0.636. The number of hydrogen-bond donors (Lipinski definition) is 2. The van der Waals surface area contributed by atoms with Crippen LogP contribution in [0.2, 0.25) is 0 Å². The number of nitrogens with one attached hydrogen (secondary N) is 1. The molecule has 0 aliphatic heterocycles. The van der Waals surface area contributed by atoms with Crippen molar-refractivity contribution in [3.63, 3.8) is 0 Å². The van der Waals surface area contributed by atoms with Gasteiger partial charge in [0.15, 0.2) is 0 Å². The van der Waals surface area contributed by atoms with E-state index in [1.54, 1.807) is 6.92 Å². The molecule has 4 nitrogen and oxygen atoms in total. The molecule has 0 aliphatic carbocycles. The first-order valence-corrected chi connectivity index (χ1v) is 8.80. The van der Waals surface area contributed by atoms with E-state index in [1.165, 1.54) is 6.07 Å². The summed E-state index contributed by atoms with van der Waals surface area (Å²) in [5, 5.41) is 9.19. The predicted octanol–water partition coefficient (Wildman–Crippen LogP) is 2.96. The Morgan fingerprint density at radius 3 is 2.62 bits per heavy atom. The molecule has 0 fully saturated rings. The van der Waals surface area contributed by atoms with Crippen molar-refractivity contribution in [3.05, 3.63) is 29.6 Å². The lowest BCUT2D eigenvalue weighted by molar-refractivity contribution is 0.278. The molecular weight excluding hydrogens is 293 g/mol. The van der Waals surface area contributed by atoms with Crippen molar-refractivity contribution in [1.29, 1.82) is 0 Å². The van der Waals surface area contributed by atoms with Crippen LogP contribution in [-0.2, 0) is 16.6 Å². The van der Waals surface area contributed by atoms with Gasteiger partial charge in [0.25, 0.3) is 0 Å². The van der Waals surface area contributed by atoms with Crippen molar-refractivity contribution in [2.24, 2.45) is 0 Å². The van der Waals surface area contributed by atoms with Gasteiger partial charge in [-0.1, -0.05) is 38.7 Å². The molecule has 1 atom stereocenters. The van der Waals surface area contributed by atoms with E-state index in [4.69, 9.17) is 0 Å². The van der Waals surface area contributed by atoms with Crippen molar-refractivity contribution in [3.8, 4) is 0 Å². The summed E-state index contributed by atoms with van der Waals surface area (Å²) in [7, 11) is -3.82. The summed E-state index contributed by atoms with van der Waals surface area (Å²) in [5.41, 5.74) is 0.196. The molecule has 0 aliphatic rings.